The molecule has 2 saturated heterocycles. The number of nitrogens with one attached hydrogen (secondary N) is 2. The van der Waals surface area contributed by atoms with Crippen molar-refractivity contribution in [1.82, 2.24) is 10.6 Å². The molecule has 1 aliphatic carbocycles. The van der Waals surface area contributed by atoms with Crippen LogP contribution in [0.4, 0.5) is 10.5 Å². The molecule has 122 valence electrons. The van der Waals surface area contributed by atoms with Crippen LogP contribution in [-0.2, 0) is 14.9 Å². The van der Waals surface area contributed by atoms with Crippen LogP contribution >= 0.6 is 0 Å². The van der Waals surface area contributed by atoms with E-state index < -0.39 is 0 Å². The maximum atomic E-state index is 12.0. The van der Waals surface area contributed by atoms with Gasteiger partial charge in [-0.25, -0.2) is 4.79 Å². The minimum absolute atomic E-state index is 0.118. The van der Waals surface area contributed by atoms with E-state index in [1.165, 1.54) is 18.9 Å². The van der Waals surface area contributed by atoms with Gasteiger partial charge >= 0.3 is 6.09 Å². The third-order valence-corrected chi connectivity index (χ3v) is 5.27. The van der Waals surface area contributed by atoms with Crippen molar-refractivity contribution in [2.45, 2.75) is 24.9 Å². The largest absolute Gasteiger partial charge is 0.442 e. The molecule has 4 rings (SSSR count). The van der Waals surface area contributed by atoms with E-state index in [2.05, 4.69) is 22.8 Å². The summed E-state index contributed by atoms with van der Waals surface area (Å²) in [7, 11) is 0. The molecule has 3 aliphatic rings. The van der Waals surface area contributed by atoms with E-state index in [-0.39, 0.29) is 18.1 Å². The number of hydrogen-bond donors (Lipinski definition) is 2. The molecule has 2 heterocycles. The first-order chi connectivity index (χ1) is 11.1. The van der Waals surface area contributed by atoms with Crippen molar-refractivity contribution in [2.75, 3.05) is 31.1 Å². The Morgan fingerprint density at radius 1 is 1.43 bits per heavy atom. The smallest absolute Gasteiger partial charge is 0.414 e. The summed E-state index contributed by atoms with van der Waals surface area (Å²) in [5, 5.41) is 6.13. The molecule has 1 saturated carbocycles. The molecule has 0 radical (unpaired) electrons. The Hall–Kier alpha value is -2.08. The van der Waals surface area contributed by atoms with Crippen molar-refractivity contribution in [3.05, 3.63) is 29.8 Å². The van der Waals surface area contributed by atoms with Gasteiger partial charge in [0.1, 0.15) is 6.10 Å². The number of carbonyl (C=O) groups is 2. The lowest BCUT2D eigenvalue weighted by Crippen LogP contribution is -2.33. The van der Waals surface area contributed by atoms with Gasteiger partial charge in [0, 0.05) is 24.6 Å². The highest BCUT2D eigenvalue weighted by Gasteiger charge is 2.57. The number of piperidine rings is 1. The Bertz CT molecular complexity index is 645. The minimum atomic E-state index is -0.349. The Kier molecular flexibility index (Phi) is 3.30. The topological polar surface area (TPSA) is 70.7 Å². The van der Waals surface area contributed by atoms with Gasteiger partial charge in [-0.3, -0.25) is 9.69 Å². The van der Waals surface area contributed by atoms with Crippen molar-refractivity contribution in [3.8, 4) is 0 Å². The van der Waals surface area contributed by atoms with Gasteiger partial charge in [0.05, 0.1) is 13.1 Å². The first kappa shape index (κ1) is 14.5. The lowest BCUT2D eigenvalue weighted by molar-refractivity contribution is -0.119. The SMILES string of the molecule is CC(=O)NC[C@H]1CN(c2ccc([C@]34CNC[C@H]3C4)cc2)C(=O)O1. The molecule has 3 atom stereocenters. The van der Waals surface area contributed by atoms with E-state index in [1.54, 1.807) is 4.90 Å². The number of fused-ring (bicyclic) bond motifs is 1. The van der Waals surface area contributed by atoms with Gasteiger partial charge in [-0.1, -0.05) is 12.1 Å². The van der Waals surface area contributed by atoms with Gasteiger partial charge in [0.25, 0.3) is 0 Å². The van der Waals surface area contributed by atoms with Crippen molar-refractivity contribution < 1.29 is 14.3 Å². The number of nitrogens with zero attached hydrogens (tertiary/aromatic N) is 1. The predicted octanol–water partition coefficient (Wildman–Crippen LogP) is 1.01. The maximum Gasteiger partial charge on any atom is 0.414 e. The van der Waals surface area contributed by atoms with Gasteiger partial charge < -0.3 is 15.4 Å². The molecule has 0 bridgehead atoms. The molecule has 2 aliphatic heterocycles. The minimum Gasteiger partial charge on any atom is -0.442 e. The average molecular weight is 315 g/mol. The van der Waals surface area contributed by atoms with Crippen LogP contribution in [0.3, 0.4) is 0 Å². The van der Waals surface area contributed by atoms with Crippen molar-refractivity contribution >= 4 is 17.7 Å². The fraction of sp³-hybridized carbons (Fsp3) is 0.529. The quantitative estimate of drug-likeness (QED) is 0.870. The number of cyclic esters (lactones) is 1. The number of carbonyl (C=O) groups excluding carboxylic acids is 2. The van der Waals surface area contributed by atoms with Crippen LogP contribution in [0.5, 0.6) is 0 Å². The van der Waals surface area contributed by atoms with Crippen molar-refractivity contribution in [3.63, 3.8) is 0 Å². The normalized spacial score (nSPS) is 31.7. The number of hydrogen-bond acceptors (Lipinski definition) is 4. The first-order valence-corrected chi connectivity index (χ1v) is 8.12. The Morgan fingerprint density at radius 3 is 2.83 bits per heavy atom. The van der Waals surface area contributed by atoms with Crippen molar-refractivity contribution in [2.24, 2.45) is 5.92 Å². The zero-order valence-corrected chi connectivity index (χ0v) is 13.2. The summed E-state index contributed by atoms with van der Waals surface area (Å²) in [5.41, 5.74) is 2.54. The van der Waals surface area contributed by atoms with Gasteiger partial charge in [-0.15, -0.1) is 0 Å². The Morgan fingerprint density at radius 2 is 2.22 bits per heavy atom. The molecule has 6 heteroatoms. The highest BCUT2D eigenvalue weighted by Crippen LogP contribution is 2.56. The van der Waals surface area contributed by atoms with E-state index >= 15 is 0 Å². The van der Waals surface area contributed by atoms with Gasteiger partial charge in [-0.05, 0) is 36.6 Å². The van der Waals surface area contributed by atoms with Gasteiger partial charge in [0.15, 0.2) is 0 Å². The second-order valence-electron chi connectivity index (χ2n) is 6.79. The van der Waals surface area contributed by atoms with Crippen LogP contribution in [0.2, 0.25) is 0 Å². The molecular formula is C17H21N3O3. The monoisotopic (exact) mass is 315 g/mol. The van der Waals surface area contributed by atoms with Crippen LogP contribution in [0.1, 0.15) is 18.9 Å². The summed E-state index contributed by atoms with van der Waals surface area (Å²) >= 11 is 0. The molecule has 0 aromatic heterocycles. The summed E-state index contributed by atoms with van der Waals surface area (Å²) in [5.74, 6) is 0.652. The Labute approximate surface area is 135 Å². The first-order valence-electron chi connectivity index (χ1n) is 8.12. The predicted molar refractivity (Wildman–Crippen MR) is 85.4 cm³/mol. The summed E-state index contributed by atoms with van der Waals surface area (Å²) in [6.07, 6.45) is 0.624. The number of benzene rings is 1. The third-order valence-electron chi connectivity index (χ3n) is 5.27. The number of anilines is 1. The number of rotatable bonds is 4. The highest BCUT2D eigenvalue weighted by molar-refractivity contribution is 5.89. The zero-order chi connectivity index (χ0) is 16.0. The number of amides is 2. The van der Waals surface area contributed by atoms with Gasteiger partial charge in [-0.2, -0.15) is 0 Å². The lowest BCUT2D eigenvalue weighted by atomic mass is 9.95. The lowest BCUT2D eigenvalue weighted by Gasteiger charge is -2.16. The molecule has 2 amide bonds. The standard InChI is InChI=1S/C17H21N3O3/c1-11(21)19-8-15-9-20(16(22)23-15)14-4-2-12(3-5-14)17-6-13(17)7-18-10-17/h2-5,13,15,18H,6-10H2,1H3,(H,19,21)/t13-,15+,17+/m1/s1. The molecule has 3 fully saturated rings. The summed E-state index contributed by atoms with van der Waals surface area (Å²) < 4.78 is 5.30. The van der Waals surface area contributed by atoms with Crippen LogP contribution < -0.4 is 15.5 Å². The van der Waals surface area contributed by atoms with Gasteiger partial charge in [0.2, 0.25) is 5.91 Å². The third kappa shape index (κ3) is 2.47. The molecule has 6 nitrogen and oxygen atoms in total. The van der Waals surface area contributed by atoms with Crippen LogP contribution in [-0.4, -0.2) is 44.3 Å². The second-order valence-corrected chi connectivity index (χ2v) is 6.79. The fourth-order valence-electron chi connectivity index (χ4n) is 3.86. The molecular weight excluding hydrogens is 294 g/mol. The summed E-state index contributed by atoms with van der Waals surface area (Å²) in [6.45, 7) is 4.45. The second kappa shape index (κ2) is 5.23. The molecule has 23 heavy (non-hydrogen) atoms. The van der Waals surface area contributed by atoms with E-state index in [4.69, 9.17) is 4.74 Å². The number of ether oxygens (including phenoxy) is 1. The Balaban J connectivity index is 1.44. The van der Waals surface area contributed by atoms with E-state index in [0.29, 0.717) is 18.5 Å². The highest BCUT2D eigenvalue weighted by atomic mass is 16.6. The van der Waals surface area contributed by atoms with Crippen LogP contribution in [0.15, 0.2) is 24.3 Å². The summed E-state index contributed by atoms with van der Waals surface area (Å²) in [4.78, 5) is 24.6. The zero-order valence-electron chi connectivity index (χ0n) is 13.2. The molecule has 2 N–H and O–H groups in total. The average Bonchev–Trinajstić information content (AvgIpc) is 2.90. The molecule has 1 aromatic carbocycles. The van der Waals surface area contributed by atoms with E-state index in [9.17, 15) is 9.59 Å². The van der Waals surface area contributed by atoms with Crippen LogP contribution in [0.25, 0.3) is 0 Å². The molecule has 0 unspecified atom stereocenters. The maximum absolute atomic E-state index is 12.0. The van der Waals surface area contributed by atoms with Crippen LogP contribution in [0, 0.1) is 5.92 Å². The molecule has 0 spiro atoms. The molecule has 1 aromatic rings. The van der Waals surface area contributed by atoms with E-state index in [1.807, 2.05) is 12.1 Å². The van der Waals surface area contributed by atoms with Crippen molar-refractivity contribution in [1.29, 1.82) is 0 Å². The van der Waals surface area contributed by atoms with E-state index in [0.717, 1.165) is 24.7 Å². The summed E-state index contributed by atoms with van der Waals surface area (Å²) in [6, 6.07) is 8.27. The fourth-order valence-corrected chi connectivity index (χ4v) is 3.86.